The summed E-state index contributed by atoms with van der Waals surface area (Å²) in [7, 11) is 1.46. The van der Waals surface area contributed by atoms with E-state index in [1.807, 2.05) is 19.9 Å². The van der Waals surface area contributed by atoms with Crippen molar-refractivity contribution in [1.82, 2.24) is 9.55 Å². The van der Waals surface area contributed by atoms with Gasteiger partial charge in [-0.2, -0.15) is 5.26 Å². The summed E-state index contributed by atoms with van der Waals surface area (Å²) in [5, 5.41) is 9.07. The summed E-state index contributed by atoms with van der Waals surface area (Å²) < 4.78 is 6.29. The van der Waals surface area contributed by atoms with E-state index in [1.54, 1.807) is 12.1 Å². The number of nitriles is 1. The zero-order valence-electron chi connectivity index (χ0n) is 16.1. The third-order valence-electron chi connectivity index (χ3n) is 4.03. The summed E-state index contributed by atoms with van der Waals surface area (Å²) in [6.45, 7) is 4.27. The number of nitrogen functional groups attached to an aromatic ring is 1. The van der Waals surface area contributed by atoms with E-state index in [0.29, 0.717) is 5.56 Å². The fourth-order valence-corrected chi connectivity index (χ4v) is 2.76. The molecular weight excluding hydrogens is 362 g/mol. The van der Waals surface area contributed by atoms with Crippen LogP contribution in [0.25, 0.3) is 0 Å². The highest BCUT2D eigenvalue weighted by atomic mass is 16.5. The quantitative estimate of drug-likeness (QED) is 0.728. The first-order chi connectivity index (χ1) is 13.3. The van der Waals surface area contributed by atoms with Crippen LogP contribution in [-0.4, -0.2) is 35.7 Å². The Labute approximate surface area is 162 Å². The lowest BCUT2D eigenvalue weighted by molar-refractivity contribution is 0.0975. The van der Waals surface area contributed by atoms with Crippen molar-refractivity contribution < 1.29 is 9.53 Å². The van der Waals surface area contributed by atoms with E-state index in [1.165, 1.54) is 28.7 Å². The number of methoxy groups -OCH3 is 1. The van der Waals surface area contributed by atoms with Crippen molar-refractivity contribution in [3.05, 3.63) is 56.2 Å². The topological polar surface area (TPSA) is 134 Å². The molecule has 0 aliphatic carbocycles. The third-order valence-corrected chi connectivity index (χ3v) is 4.03. The second-order valence-electron chi connectivity index (χ2n) is 6.64. The third kappa shape index (κ3) is 4.47. The van der Waals surface area contributed by atoms with E-state index in [-0.39, 0.29) is 42.7 Å². The van der Waals surface area contributed by atoms with Crippen LogP contribution < -0.4 is 21.9 Å². The lowest BCUT2D eigenvalue weighted by Crippen LogP contribution is -2.42. The Morgan fingerprint density at radius 1 is 1.39 bits per heavy atom. The number of nitrogens with two attached hydrogens (primary N) is 1. The zero-order valence-corrected chi connectivity index (χ0v) is 16.1. The van der Waals surface area contributed by atoms with Crippen molar-refractivity contribution in [2.24, 2.45) is 5.92 Å². The molecule has 2 rings (SSSR count). The van der Waals surface area contributed by atoms with Gasteiger partial charge in [0.1, 0.15) is 5.82 Å². The fraction of sp³-hybridized carbons (Fsp3) is 0.368. The number of carbonyl (C=O) groups excluding carboxylic acids is 1. The summed E-state index contributed by atoms with van der Waals surface area (Å²) in [5.41, 5.74) is 5.15. The lowest BCUT2D eigenvalue weighted by Gasteiger charge is -2.24. The molecule has 9 heteroatoms. The standard InChI is InChI=1S/C19H23N5O4/c1-12(2)11-24-16(21)15(17(25)22-19(24)27)23(7-8-28-3)18(26)14-6-4-5-13(9-14)10-20/h4-6,9,12H,7-8,11,21H2,1-3H3,(H,22,25,27). The van der Waals surface area contributed by atoms with Gasteiger partial charge in [-0.3, -0.25) is 24.0 Å². The molecule has 148 valence electrons. The van der Waals surface area contributed by atoms with Crippen LogP contribution in [0.2, 0.25) is 0 Å². The molecule has 28 heavy (non-hydrogen) atoms. The number of aromatic nitrogens is 2. The first-order valence-corrected chi connectivity index (χ1v) is 8.73. The molecule has 0 radical (unpaired) electrons. The minimum atomic E-state index is -0.761. The van der Waals surface area contributed by atoms with Gasteiger partial charge in [0, 0.05) is 25.8 Å². The fourth-order valence-electron chi connectivity index (χ4n) is 2.76. The molecular formula is C19H23N5O4. The number of amides is 1. The molecule has 0 fully saturated rings. The number of rotatable bonds is 7. The second kappa shape index (κ2) is 9.01. The van der Waals surface area contributed by atoms with Crippen LogP contribution >= 0.6 is 0 Å². The molecule has 1 heterocycles. The molecule has 1 amide bonds. The Morgan fingerprint density at radius 3 is 2.71 bits per heavy atom. The summed E-state index contributed by atoms with van der Waals surface area (Å²) >= 11 is 0. The van der Waals surface area contributed by atoms with Gasteiger partial charge in [0.05, 0.1) is 18.2 Å². The van der Waals surface area contributed by atoms with Crippen LogP contribution in [0.3, 0.4) is 0 Å². The van der Waals surface area contributed by atoms with Gasteiger partial charge in [-0.25, -0.2) is 4.79 Å². The zero-order chi connectivity index (χ0) is 20.8. The number of H-pyrrole nitrogens is 1. The van der Waals surface area contributed by atoms with Gasteiger partial charge in [0.15, 0.2) is 5.69 Å². The van der Waals surface area contributed by atoms with E-state index < -0.39 is 17.2 Å². The molecule has 0 atom stereocenters. The van der Waals surface area contributed by atoms with Crippen molar-refractivity contribution in [3.63, 3.8) is 0 Å². The van der Waals surface area contributed by atoms with E-state index in [4.69, 9.17) is 15.7 Å². The summed E-state index contributed by atoms with van der Waals surface area (Å²) in [6.07, 6.45) is 0. The molecule has 0 spiro atoms. The molecule has 0 saturated carbocycles. The molecule has 0 unspecified atom stereocenters. The highest BCUT2D eigenvalue weighted by Crippen LogP contribution is 2.20. The molecule has 1 aromatic carbocycles. The van der Waals surface area contributed by atoms with Crippen molar-refractivity contribution in [1.29, 1.82) is 5.26 Å². The van der Waals surface area contributed by atoms with Crippen molar-refractivity contribution in [2.75, 3.05) is 30.9 Å². The molecule has 0 aliphatic heterocycles. The first kappa shape index (κ1) is 20.9. The van der Waals surface area contributed by atoms with E-state index in [2.05, 4.69) is 4.98 Å². The predicted molar refractivity (Wildman–Crippen MR) is 105 cm³/mol. The summed E-state index contributed by atoms with van der Waals surface area (Å²) in [5.74, 6) is -0.529. The van der Waals surface area contributed by atoms with Gasteiger partial charge in [-0.05, 0) is 24.1 Å². The maximum atomic E-state index is 13.1. The minimum Gasteiger partial charge on any atom is -0.383 e. The van der Waals surface area contributed by atoms with Gasteiger partial charge < -0.3 is 10.5 Å². The Morgan fingerprint density at radius 2 is 2.11 bits per heavy atom. The number of anilines is 2. The molecule has 1 aromatic heterocycles. The normalized spacial score (nSPS) is 10.7. The number of nitrogens with zero attached hydrogens (tertiary/aromatic N) is 3. The predicted octanol–water partition coefficient (Wildman–Crippen LogP) is 0.940. The number of hydrogen-bond donors (Lipinski definition) is 2. The average Bonchev–Trinajstić information content (AvgIpc) is 2.66. The van der Waals surface area contributed by atoms with Crippen LogP contribution in [0.15, 0.2) is 33.9 Å². The van der Waals surface area contributed by atoms with Crippen molar-refractivity contribution >= 4 is 17.4 Å². The van der Waals surface area contributed by atoms with Gasteiger partial charge in [0.2, 0.25) is 0 Å². The van der Waals surface area contributed by atoms with Gasteiger partial charge in [-0.15, -0.1) is 0 Å². The van der Waals surface area contributed by atoms with Crippen molar-refractivity contribution in [3.8, 4) is 6.07 Å². The summed E-state index contributed by atoms with van der Waals surface area (Å²) in [6, 6.07) is 8.08. The number of ether oxygens (including phenoxy) is 1. The highest BCUT2D eigenvalue weighted by Gasteiger charge is 2.25. The molecule has 0 aliphatic rings. The summed E-state index contributed by atoms with van der Waals surface area (Å²) in [4.78, 5) is 41.2. The Bertz CT molecular complexity index is 1020. The van der Waals surface area contributed by atoms with Crippen molar-refractivity contribution in [2.45, 2.75) is 20.4 Å². The van der Waals surface area contributed by atoms with Gasteiger partial charge in [0.25, 0.3) is 11.5 Å². The maximum absolute atomic E-state index is 13.1. The molecule has 0 saturated heterocycles. The van der Waals surface area contributed by atoms with Gasteiger partial charge in [-0.1, -0.05) is 19.9 Å². The van der Waals surface area contributed by atoms with Crippen LogP contribution in [0.5, 0.6) is 0 Å². The minimum absolute atomic E-state index is 0.0409. The Balaban J connectivity index is 2.62. The number of nitrogens with one attached hydrogen (secondary N) is 1. The average molecular weight is 385 g/mol. The Kier molecular flexibility index (Phi) is 6.74. The number of hydrogen-bond acceptors (Lipinski definition) is 6. The molecule has 9 nitrogen and oxygen atoms in total. The van der Waals surface area contributed by atoms with E-state index in [9.17, 15) is 14.4 Å². The maximum Gasteiger partial charge on any atom is 0.330 e. The van der Waals surface area contributed by atoms with Crippen LogP contribution in [0, 0.1) is 17.2 Å². The SMILES string of the molecule is COCCN(C(=O)c1cccc(C#N)c1)c1c(N)n(CC(C)C)c(=O)[nH]c1=O. The molecule has 3 N–H and O–H groups in total. The number of carbonyl (C=O) groups is 1. The first-order valence-electron chi connectivity index (χ1n) is 8.73. The number of aromatic amines is 1. The second-order valence-corrected chi connectivity index (χ2v) is 6.64. The smallest absolute Gasteiger partial charge is 0.330 e. The molecule has 2 aromatic rings. The largest absolute Gasteiger partial charge is 0.383 e. The molecule has 0 bridgehead atoms. The van der Waals surface area contributed by atoms with Crippen LogP contribution in [-0.2, 0) is 11.3 Å². The van der Waals surface area contributed by atoms with E-state index in [0.717, 1.165) is 0 Å². The van der Waals surface area contributed by atoms with Crippen LogP contribution in [0.1, 0.15) is 29.8 Å². The lowest BCUT2D eigenvalue weighted by atomic mass is 10.1. The van der Waals surface area contributed by atoms with E-state index >= 15 is 0 Å². The monoisotopic (exact) mass is 385 g/mol. The Hall–Kier alpha value is -3.38. The number of benzene rings is 1. The van der Waals surface area contributed by atoms with Crippen LogP contribution in [0.4, 0.5) is 11.5 Å². The van der Waals surface area contributed by atoms with Gasteiger partial charge >= 0.3 is 5.69 Å². The highest BCUT2D eigenvalue weighted by molar-refractivity contribution is 6.07.